The second-order valence-corrected chi connectivity index (χ2v) is 7.55. The largest absolute Gasteiger partial charge is 0.382 e. The van der Waals surface area contributed by atoms with E-state index in [9.17, 15) is 14.4 Å². The Morgan fingerprint density at radius 3 is 2.76 bits per heavy atom. The van der Waals surface area contributed by atoms with E-state index in [4.69, 9.17) is 10.5 Å². The molecule has 12 heteroatoms. The van der Waals surface area contributed by atoms with E-state index in [-0.39, 0.29) is 24.4 Å². The number of hydrogen-bond donors (Lipinski definition) is 2. The lowest BCUT2D eigenvalue weighted by atomic mass is 9.90. The standard InChI is InChI=1S/C17H20N8O4/c18-13-12-14(20-8-19-13)25(9-21-12)10-5-23(6-10)11(26)7-24-15(27)17(22-16(24)28)1-3-29-4-2-17/h8-10H,1-7H2,(H,22,28)(H2,18,19,20). The molecule has 0 atom stereocenters. The van der Waals surface area contributed by atoms with Crippen LogP contribution in [-0.2, 0) is 14.3 Å². The number of anilines is 1. The van der Waals surface area contributed by atoms with E-state index < -0.39 is 11.6 Å². The highest BCUT2D eigenvalue weighted by Crippen LogP contribution is 2.30. The Morgan fingerprint density at radius 2 is 2.00 bits per heavy atom. The number of aromatic nitrogens is 4. The molecule has 3 N–H and O–H groups in total. The summed E-state index contributed by atoms with van der Waals surface area (Å²) >= 11 is 0. The molecule has 5 rings (SSSR count). The maximum atomic E-state index is 12.8. The van der Waals surface area contributed by atoms with Crippen molar-refractivity contribution >= 4 is 34.8 Å². The summed E-state index contributed by atoms with van der Waals surface area (Å²) in [5.41, 5.74) is 6.02. The average Bonchev–Trinajstić information content (AvgIpc) is 3.18. The van der Waals surface area contributed by atoms with Crippen molar-refractivity contribution in [3.63, 3.8) is 0 Å². The molecule has 2 aromatic rings. The number of amides is 4. The lowest BCUT2D eigenvalue weighted by Gasteiger charge is -2.40. The number of imidazole rings is 1. The van der Waals surface area contributed by atoms with Crippen molar-refractivity contribution in [3.05, 3.63) is 12.7 Å². The van der Waals surface area contributed by atoms with Crippen LogP contribution in [-0.4, -0.2) is 85.6 Å². The van der Waals surface area contributed by atoms with Gasteiger partial charge in [-0.2, -0.15) is 0 Å². The average molecular weight is 400 g/mol. The normalized spacial score (nSPS) is 21.7. The van der Waals surface area contributed by atoms with E-state index in [2.05, 4.69) is 20.3 Å². The number of nitrogens with zero attached hydrogens (tertiary/aromatic N) is 6. The molecule has 2 aromatic heterocycles. The number of fused-ring (bicyclic) bond motifs is 1. The predicted molar refractivity (Wildman–Crippen MR) is 98.4 cm³/mol. The van der Waals surface area contributed by atoms with E-state index in [0.29, 0.717) is 56.1 Å². The van der Waals surface area contributed by atoms with Crippen molar-refractivity contribution in [3.8, 4) is 0 Å². The van der Waals surface area contributed by atoms with Crippen molar-refractivity contribution in [1.29, 1.82) is 0 Å². The van der Waals surface area contributed by atoms with Crippen molar-refractivity contribution in [1.82, 2.24) is 34.6 Å². The molecule has 3 fully saturated rings. The van der Waals surface area contributed by atoms with Crippen LogP contribution in [0, 0.1) is 0 Å². The van der Waals surface area contributed by atoms with E-state index in [1.54, 1.807) is 11.2 Å². The first-order valence-corrected chi connectivity index (χ1v) is 9.41. The van der Waals surface area contributed by atoms with Gasteiger partial charge in [-0.1, -0.05) is 0 Å². The molecule has 29 heavy (non-hydrogen) atoms. The van der Waals surface area contributed by atoms with Crippen LogP contribution >= 0.6 is 0 Å². The Labute approximate surface area is 165 Å². The number of carbonyl (C=O) groups excluding carboxylic acids is 3. The van der Waals surface area contributed by atoms with Crippen LogP contribution in [0.4, 0.5) is 10.6 Å². The monoisotopic (exact) mass is 400 g/mol. The van der Waals surface area contributed by atoms with Crippen LogP contribution < -0.4 is 11.1 Å². The molecule has 3 aliphatic rings. The minimum Gasteiger partial charge on any atom is -0.382 e. The van der Waals surface area contributed by atoms with Gasteiger partial charge >= 0.3 is 6.03 Å². The summed E-state index contributed by atoms with van der Waals surface area (Å²) in [5, 5.41) is 2.75. The van der Waals surface area contributed by atoms with Gasteiger partial charge in [0.25, 0.3) is 5.91 Å². The molecule has 0 saturated carbocycles. The topological polar surface area (TPSA) is 149 Å². The van der Waals surface area contributed by atoms with Gasteiger partial charge in [0.15, 0.2) is 11.5 Å². The molecule has 12 nitrogen and oxygen atoms in total. The molecule has 0 radical (unpaired) electrons. The summed E-state index contributed by atoms with van der Waals surface area (Å²) in [7, 11) is 0. The first-order chi connectivity index (χ1) is 14.0. The summed E-state index contributed by atoms with van der Waals surface area (Å²) in [5.74, 6) is -0.307. The summed E-state index contributed by atoms with van der Waals surface area (Å²) in [6.07, 6.45) is 3.86. The molecule has 3 saturated heterocycles. The van der Waals surface area contributed by atoms with E-state index in [0.717, 1.165) is 4.90 Å². The van der Waals surface area contributed by atoms with Crippen LogP contribution in [0.15, 0.2) is 12.7 Å². The number of hydrogen-bond acceptors (Lipinski definition) is 8. The number of imide groups is 1. The van der Waals surface area contributed by atoms with Crippen LogP contribution in [0.25, 0.3) is 11.2 Å². The predicted octanol–water partition coefficient (Wildman–Crippen LogP) is -1.11. The Morgan fingerprint density at radius 1 is 1.24 bits per heavy atom. The van der Waals surface area contributed by atoms with E-state index in [1.165, 1.54) is 6.33 Å². The molecule has 152 valence electrons. The zero-order valence-electron chi connectivity index (χ0n) is 15.6. The number of carbonyl (C=O) groups is 3. The van der Waals surface area contributed by atoms with Crippen molar-refractivity contribution in [2.75, 3.05) is 38.6 Å². The fraction of sp³-hybridized carbons (Fsp3) is 0.529. The maximum absolute atomic E-state index is 12.8. The van der Waals surface area contributed by atoms with Gasteiger partial charge in [0.05, 0.1) is 12.4 Å². The molecule has 0 bridgehead atoms. The first-order valence-electron chi connectivity index (χ1n) is 9.41. The number of rotatable bonds is 3. The van der Waals surface area contributed by atoms with Gasteiger partial charge in [-0.05, 0) is 0 Å². The Balaban J connectivity index is 1.23. The highest BCUT2D eigenvalue weighted by atomic mass is 16.5. The van der Waals surface area contributed by atoms with Gasteiger partial charge in [-0.15, -0.1) is 0 Å². The Hall–Kier alpha value is -3.28. The zero-order valence-corrected chi connectivity index (χ0v) is 15.6. The second-order valence-electron chi connectivity index (χ2n) is 7.55. The van der Waals surface area contributed by atoms with Crippen molar-refractivity contribution in [2.45, 2.75) is 24.4 Å². The van der Waals surface area contributed by atoms with Gasteiger partial charge in [0.2, 0.25) is 5.91 Å². The molecule has 0 unspecified atom stereocenters. The quantitative estimate of drug-likeness (QED) is 0.616. The second kappa shape index (κ2) is 6.37. The molecule has 0 aliphatic carbocycles. The van der Waals surface area contributed by atoms with E-state index >= 15 is 0 Å². The van der Waals surface area contributed by atoms with Gasteiger partial charge in [-0.25, -0.2) is 19.7 Å². The van der Waals surface area contributed by atoms with E-state index in [1.807, 2.05) is 4.57 Å². The third-order valence-corrected chi connectivity index (χ3v) is 5.88. The summed E-state index contributed by atoms with van der Waals surface area (Å²) < 4.78 is 7.15. The molecule has 0 aromatic carbocycles. The van der Waals surface area contributed by atoms with Crippen molar-refractivity contribution in [2.24, 2.45) is 0 Å². The molecular formula is C17H20N8O4. The fourth-order valence-corrected chi connectivity index (χ4v) is 4.09. The summed E-state index contributed by atoms with van der Waals surface area (Å²) in [6, 6.07) is -0.515. The van der Waals surface area contributed by atoms with Crippen molar-refractivity contribution < 1.29 is 19.1 Å². The third-order valence-electron chi connectivity index (χ3n) is 5.88. The van der Waals surface area contributed by atoms with Gasteiger partial charge in [-0.3, -0.25) is 14.5 Å². The van der Waals surface area contributed by atoms with Crippen LogP contribution in [0.3, 0.4) is 0 Å². The summed E-state index contributed by atoms with van der Waals surface area (Å²) in [6.45, 7) is 1.44. The first kappa shape index (κ1) is 17.8. The zero-order chi connectivity index (χ0) is 20.2. The van der Waals surface area contributed by atoms with Crippen LogP contribution in [0.5, 0.6) is 0 Å². The molecule has 4 amide bonds. The molecule has 5 heterocycles. The number of urea groups is 1. The molecule has 1 spiro atoms. The maximum Gasteiger partial charge on any atom is 0.325 e. The highest BCUT2D eigenvalue weighted by molar-refractivity contribution is 6.09. The lowest BCUT2D eigenvalue weighted by molar-refractivity contribution is -0.143. The lowest BCUT2D eigenvalue weighted by Crippen LogP contribution is -2.54. The SMILES string of the molecule is Nc1ncnc2c1ncn2C1CN(C(=O)CN2C(=O)NC3(CCOCC3)C2=O)C1. The third kappa shape index (κ3) is 2.70. The molecule has 3 aliphatic heterocycles. The highest BCUT2D eigenvalue weighted by Gasteiger charge is 2.52. The van der Waals surface area contributed by atoms with Crippen LogP contribution in [0.1, 0.15) is 18.9 Å². The summed E-state index contributed by atoms with van der Waals surface area (Å²) in [4.78, 5) is 52.7. The number of nitrogens with two attached hydrogens (primary N) is 1. The number of ether oxygens (including phenoxy) is 1. The number of likely N-dealkylation sites (tertiary alicyclic amines) is 1. The number of nitrogens with one attached hydrogen (secondary N) is 1. The Kier molecular flexibility index (Phi) is 3.91. The van der Waals surface area contributed by atoms with Crippen LogP contribution in [0.2, 0.25) is 0 Å². The van der Waals surface area contributed by atoms with Gasteiger partial charge in [0, 0.05) is 39.1 Å². The number of nitrogen functional groups attached to an aromatic ring is 1. The Bertz CT molecular complexity index is 1010. The smallest absolute Gasteiger partial charge is 0.325 e. The van der Waals surface area contributed by atoms with Gasteiger partial charge < -0.3 is 25.3 Å². The fourth-order valence-electron chi connectivity index (χ4n) is 4.09. The minimum atomic E-state index is -0.928. The van der Waals surface area contributed by atoms with Gasteiger partial charge in [0.1, 0.15) is 23.9 Å². The minimum absolute atomic E-state index is 0.00296. The molecular weight excluding hydrogens is 380 g/mol.